The van der Waals surface area contributed by atoms with Crippen molar-refractivity contribution in [2.75, 3.05) is 13.1 Å². The number of carbonyl (C=O) groups is 1. The van der Waals surface area contributed by atoms with E-state index in [-0.39, 0.29) is 6.04 Å². The number of thiazole rings is 1. The molecular weight excluding hydrogens is 403 g/mol. The first kappa shape index (κ1) is 18.9. The largest absolute Gasteiger partial charge is 0.423 e. The molecule has 1 aromatic carbocycles. The number of esters is 1. The van der Waals surface area contributed by atoms with Gasteiger partial charge in [-0.1, -0.05) is 67.4 Å². The number of aromatic nitrogens is 1. The number of rotatable bonds is 4. The van der Waals surface area contributed by atoms with Crippen LogP contribution in [0.4, 0.5) is 0 Å². The van der Waals surface area contributed by atoms with E-state index in [0.29, 0.717) is 5.76 Å². The van der Waals surface area contributed by atoms with Gasteiger partial charge in [0.05, 0.1) is 16.6 Å². The summed E-state index contributed by atoms with van der Waals surface area (Å²) in [6.07, 6.45) is 1.52. The van der Waals surface area contributed by atoms with Gasteiger partial charge in [-0.15, -0.1) is 11.3 Å². The molecule has 0 radical (unpaired) electrons. The number of halogens is 2. The number of hydrogen-bond donors (Lipinski definition) is 0. The Bertz CT molecular complexity index is 904. The number of hydrogen-bond acceptors (Lipinski definition) is 5. The van der Waals surface area contributed by atoms with Gasteiger partial charge in [-0.05, 0) is 31.5 Å². The lowest BCUT2D eigenvalue weighted by Gasteiger charge is -2.42. The van der Waals surface area contributed by atoms with Gasteiger partial charge in [0.1, 0.15) is 5.01 Å². The molecule has 2 heterocycles. The molecule has 0 bridgehead atoms. The van der Waals surface area contributed by atoms with E-state index < -0.39 is 10.3 Å². The van der Waals surface area contributed by atoms with E-state index in [2.05, 4.69) is 4.90 Å². The molecule has 0 fully saturated rings. The first-order chi connectivity index (χ1) is 13.0. The summed E-state index contributed by atoms with van der Waals surface area (Å²) in [7, 11) is 0. The van der Waals surface area contributed by atoms with Crippen LogP contribution < -0.4 is 0 Å². The maximum atomic E-state index is 12.6. The monoisotopic (exact) mass is 422 g/mol. The summed E-state index contributed by atoms with van der Waals surface area (Å²) in [6.45, 7) is 5.58. The number of aryl methyl sites for hydroxylation is 1. The van der Waals surface area contributed by atoms with E-state index in [1.165, 1.54) is 0 Å². The van der Waals surface area contributed by atoms with Gasteiger partial charge in [-0.3, -0.25) is 4.90 Å². The average molecular weight is 423 g/mol. The zero-order valence-electron chi connectivity index (χ0n) is 15.2. The summed E-state index contributed by atoms with van der Waals surface area (Å²) in [5.41, 5.74) is 3.03. The fourth-order valence-corrected chi connectivity index (χ4v) is 5.57. The molecule has 1 aromatic heterocycles. The summed E-state index contributed by atoms with van der Waals surface area (Å²) in [4.78, 5) is 20.5. The molecule has 2 aliphatic rings. The Morgan fingerprint density at radius 1 is 1.22 bits per heavy atom. The first-order valence-corrected chi connectivity index (χ1v) is 10.7. The Morgan fingerprint density at radius 3 is 2.59 bits per heavy atom. The standard InChI is InChI=1S/C20H20Cl2N2O2S/c1-3-24(4-2)17-13-10-11-14-16(15(13)26-19(25)20(17,21)22)27-18(23-14)12-8-6-5-7-9-12/h5-9,17H,3-4,10-11H2,1-2H3. The molecule has 1 aliphatic heterocycles. The third-order valence-electron chi connectivity index (χ3n) is 5.17. The molecule has 1 aliphatic carbocycles. The van der Waals surface area contributed by atoms with Crippen molar-refractivity contribution in [3.63, 3.8) is 0 Å². The van der Waals surface area contributed by atoms with Crippen molar-refractivity contribution in [2.45, 2.75) is 37.1 Å². The van der Waals surface area contributed by atoms with Gasteiger partial charge in [0, 0.05) is 5.56 Å². The topological polar surface area (TPSA) is 42.4 Å². The fraction of sp³-hybridized carbons (Fsp3) is 0.400. The summed E-state index contributed by atoms with van der Waals surface area (Å²) in [6, 6.07) is 9.65. The summed E-state index contributed by atoms with van der Waals surface area (Å²) in [5.74, 6) is -0.00116. The molecule has 1 unspecified atom stereocenters. The van der Waals surface area contributed by atoms with E-state index in [4.69, 9.17) is 32.9 Å². The molecular formula is C20H20Cl2N2O2S. The number of alkyl halides is 2. The highest BCUT2D eigenvalue weighted by atomic mass is 35.5. The number of nitrogens with zero attached hydrogens (tertiary/aromatic N) is 2. The van der Waals surface area contributed by atoms with Crippen molar-refractivity contribution in [3.05, 3.63) is 46.5 Å². The lowest BCUT2D eigenvalue weighted by molar-refractivity contribution is -0.140. The molecule has 142 valence electrons. The van der Waals surface area contributed by atoms with Crippen LogP contribution in [0.15, 0.2) is 35.9 Å². The smallest absolute Gasteiger partial charge is 0.350 e. The van der Waals surface area contributed by atoms with Crippen LogP contribution in [0.25, 0.3) is 16.3 Å². The van der Waals surface area contributed by atoms with Crippen LogP contribution in [0.1, 0.15) is 30.8 Å². The van der Waals surface area contributed by atoms with Crippen LogP contribution in [0.2, 0.25) is 0 Å². The SMILES string of the molecule is CCN(CC)C1C2=C(OC(=O)C1(Cl)Cl)c1sc(-c3ccccc3)nc1CC2. The van der Waals surface area contributed by atoms with Crippen LogP contribution in [0, 0.1) is 0 Å². The van der Waals surface area contributed by atoms with Gasteiger partial charge in [-0.25, -0.2) is 9.78 Å². The van der Waals surface area contributed by atoms with Crippen molar-refractivity contribution < 1.29 is 9.53 Å². The highest BCUT2D eigenvalue weighted by Crippen LogP contribution is 2.49. The molecule has 2 aromatic rings. The molecule has 0 amide bonds. The minimum atomic E-state index is -1.60. The Kier molecular flexibility index (Phi) is 5.06. The van der Waals surface area contributed by atoms with Crippen LogP contribution in [-0.2, 0) is 16.0 Å². The van der Waals surface area contributed by atoms with Gasteiger partial charge < -0.3 is 4.74 Å². The maximum Gasteiger partial charge on any atom is 0.350 e. The Balaban J connectivity index is 1.83. The molecule has 0 spiro atoms. The van der Waals surface area contributed by atoms with Gasteiger partial charge in [0.2, 0.25) is 4.33 Å². The molecule has 0 N–H and O–H groups in total. The van der Waals surface area contributed by atoms with E-state index in [1.54, 1.807) is 11.3 Å². The van der Waals surface area contributed by atoms with E-state index >= 15 is 0 Å². The number of benzene rings is 1. The second kappa shape index (κ2) is 7.21. The van der Waals surface area contributed by atoms with Crippen molar-refractivity contribution in [1.29, 1.82) is 0 Å². The zero-order chi connectivity index (χ0) is 19.2. The van der Waals surface area contributed by atoms with Crippen LogP contribution >= 0.6 is 34.5 Å². The van der Waals surface area contributed by atoms with Crippen LogP contribution in [0.5, 0.6) is 0 Å². The molecule has 0 saturated heterocycles. The highest BCUT2D eigenvalue weighted by Gasteiger charge is 2.54. The Morgan fingerprint density at radius 2 is 1.93 bits per heavy atom. The first-order valence-electron chi connectivity index (χ1n) is 9.10. The lowest BCUT2D eigenvalue weighted by atomic mass is 9.88. The van der Waals surface area contributed by atoms with Crippen LogP contribution in [-0.4, -0.2) is 39.3 Å². The second-order valence-corrected chi connectivity index (χ2v) is 9.04. The zero-order valence-corrected chi connectivity index (χ0v) is 17.5. The minimum absolute atomic E-state index is 0.387. The summed E-state index contributed by atoms with van der Waals surface area (Å²) in [5, 5.41) is 0.929. The van der Waals surface area contributed by atoms with Crippen molar-refractivity contribution in [1.82, 2.24) is 9.88 Å². The third kappa shape index (κ3) is 3.11. The van der Waals surface area contributed by atoms with Crippen molar-refractivity contribution in [2.24, 2.45) is 0 Å². The summed E-state index contributed by atoms with van der Waals surface area (Å²) < 4.78 is 4.07. The van der Waals surface area contributed by atoms with E-state index in [9.17, 15) is 4.79 Å². The molecule has 27 heavy (non-hydrogen) atoms. The fourth-order valence-electron chi connectivity index (χ4n) is 3.82. The molecule has 0 saturated carbocycles. The predicted octanol–water partition coefficient (Wildman–Crippen LogP) is 4.91. The quantitative estimate of drug-likeness (QED) is 0.518. The van der Waals surface area contributed by atoms with Gasteiger partial charge in [0.15, 0.2) is 5.76 Å². The van der Waals surface area contributed by atoms with Crippen molar-refractivity contribution in [3.8, 4) is 10.6 Å². The van der Waals surface area contributed by atoms with Crippen LogP contribution in [0.3, 0.4) is 0 Å². The number of fused-ring (bicyclic) bond motifs is 2. The van der Waals surface area contributed by atoms with E-state index in [0.717, 1.165) is 52.6 Å². The van der Waals surface area contributed by atoms with E-state index in [1.807, 2.05) is 44.2 Å². The van der Waals surface area contributed by atoms with Gasteiger partial charge in [0.25, 0.3) is 0 Å². The molecule has 7 heteroatoms. The third-order valence-corrected chi connectivity index (χ3v) is 7.03. The minimum Gasteiger partial charge on any atom is -0.423 e. The average Bonchev–Trinajstić information content (AvgIpc) is 3.11. The lowest BCUT2D eigenvalue weighted by Crippen LogP contribution is -2.55. The predicted molar refractivity (Wildman–Crippen MR) is 110 cm³/mol. The van der Waals surface area contributed by atoms with Gasteiger partial charge in [-0.2, -0.15) is 0 Å². The Labute approximate surface area is 172 Å². The normalized spacial score (nSPS) is 21.1. The highest BCUT2D eigenvalue weighted by molar-refractivity contribution is 7.16. The number of ether oxygens (including phenoxy) is 1. The summed E-state index contributed by atoms with van der Waals surface area (Å²) >= 11 is 14.5. The number of likely N-dealkylation sites (N-methyl/N-ethyl adjacent to an activating group) is 1. The number of carbonyl (C=O) groups excluding carboxylic acids is 1. The Hall–Kier alpha value is -1.40. The molecule has 4 nitrogen and oxygen atoms in total. The van der Waals surface area contributed by atoms with Crippen molar-refractivity contribution >= 4 is 46.3 Å². The molecule has 4 rings (SSSR count). The maximum absolute atomic E-state index is 12.6. The molecule has 1 atom stereocenters. The van der Waals surface area contributed by atoms with Gasteiger partial charge >= 0.3 is 5.97 Å². The second-order valence-electron chi connectivity index (χ2n) is 6.65.